The Labute approximate surface area is 121 Å². The predicted molar refractivity (Wildman–Crippen MR) is 70.9 cm³/mol. The Morgan fingerprint density at radius 2 is 2.10 bits per heavy atom. The number of aliphatic hydroxyl groups is 3. The number of nitrogens with two attached hydrogens (primary N) is 1. The summed E-state index contributed by atoms with van der Waals surface area (Å²) in [5, 5.41) is 32.4. The molecule has 8 nitrogen and oxygen atoms in total. The number of hydrogen-bond donors (Lipinski definition) is 5. The number of rotatable bonds is 2. The highest BCUT2D eigenvalue weighted by Crippen LogP contribution is 2.37. The summed E-state index contributed by atoms with van der Waals surface area (Å²) in [7, 11) is 0. The van der Waals surface area contributed by atoms with Crippen molar-refractivity contribution in [1.82, 2.24) is 5.32 Å². The van der Waals surface area contributed by atoms with Crippen molar-refractivity contribution in [3.63, 3.8) is 0 Å². The average molecular weight is 300 g/mol. The molecular formula is C13H20N2O6. The lowest BCUT2D eigenvalue weighted by Crippen LogP contribution is -2.61. The van der Waals surface area contributed by atoms with Gasteiger partial charge in [-0.05, 0) is 13.8 Å². The van der Waals surface area contributed by atoms with Crippen LogP contribution in [-0.4, -0.2) is 57.6 Å². The quantitative estimate of drug-likeness (QED) is 0.383. The summed E-state index contributed by atoms with van der Waals surface area (Å²) in [5.41, 5.74) is 5.39. The molecule has 0 unspecified atom stereocenters. The Balaban J connectivity index is 2.37. The number of cyclic esters (lactones) is 1. The van der Waals surface area contributed by atoms with Gasteiger partial charge in [0, 0.05) is 12.3 Å². The lowest BCUT2D eigenvalue weighted by Gasteiger charge is -2.43. The molecule has 8 heteroatoms. The van der Waals surface area contributed by atoms with Crippen molar-refractivity contribution in [3.05, 3.63) is 11.3 Å². The lowest BCUT2D eigenvalue weighted by atomic mass is 9.74. The van der Waals surface area contributed by atoms with Crippen molar-refractivity contribution in [2.45, 2.75) is 50.7 Å². The summed E-state index contributed by atoms with van der Waals surface area (Å²) in [6, 6.07) is -1.55. The van der Waals surface area contributed by atoms with E-state index in [1.807, 2.05) is 0 Å². The van der Waals surface area contributed by atoms with Crippen LogP contribution in [0.2, 0.25) is 0 Å². The first kappa shape index (κ1) is 15.7. The molecule has 0 spiro atoms. The minimum absolute atomic E-state index is 0.0964. The van der Waals surface area contributed by atoms with Crippen LogP contribution in [0.3, 0.4) is 0 Å². The van der Waals surface area contributed by atoms with E-state index in [0.29, 0.717) is 0 Å². The maximum absolute atomic E-state index is 11.9. The molecule has 0 bridgehead atoms. The number of amides is 1. The Hall–Kier alpha value is -1.64. The van der Waals surface area contributed by atoms with Crippen LogP contribution in [-0.2, 0) is 14.3 Å². The first-order valence-electron chi connectivity index (χ1n) is 6.79. The molecule has 6 atom stereocenters. The van der Waals surface area contributed by atoms with Crippen molar-refractivity contribution < 1.29 is 29.6 Å². The second-order valence-corrected chi connectivity index (χ2v) is 5.58. The number of ether oxygens (including phenoxy) is 1. The van der Waals surface area contributed by atoms with E-state index in [1.54, 1.807) is 6.92 Å². The molecule has 1 aliphatic carbocycles. The van der Waals surface area contributed by atoms with Gasteiger partial charge in [-0.3, -0.25) is 4.79 Å². The summed E-state index contributed by atoms with van der Waals surface area (Å²) in [5.74, 6) is -2.49. The molecule has 0 aromatic carbocycles. The zero-order valence-corrected chi connectivity index (χ0v) is 11.8. The summed E-state index contributed by atoms with van der Waals surface area (Å²) < 4.78 is 5.10. The van der Waals surface area contributed by atoms with E-state index in [0.717, 1.165) is 0 Å². The van der Waals surface area contributed by atoms with Gasteiger partial charge >= 0.3 is 5.97 Å². The maximum Gasteiger partial charge on any atom is 0.338 e. The monoisotopic (exact) mass is 300 g/mol. The summed E-state index contributed by atoms with van der Waals surface area (Å²) >= 11 is 0. The first-order chi connectivity index (χ1) is 9.73. The second-order valence-electron chi connectivity index (χ2n) is 5.58. The topological polar surface area (TPSA) is 142 Å². The van der Waals surface area contributed by atoms with E-state index in [2.05, 4.69) is 5.32 Å². The Kier molecular flexibility index (Phi) is 4.22. The molecule has 1 amide bonds. The largest absolute Gasteiger partial charge is 0.512 e. The molecule has 1 heterocycles. The number of fused-ring (bicyclic) bond motifs is 1. The standard InChI is InChI=1S/C13H20N2O6/c1-4(14)12(19)15-10-5(2)21-13(20)8-6(16)3-7(17)11(18)9(8)10/h4-5,7,9-11,16-18H,3,14H2,1-2H3,(H,15,19)/t4-,5-,7+,9+,10-,11-/m0/s1. The molecule has 0 radical (unpaired) electrons. The minimum Gasteiger partial charge on any atom is -0.512 e. The van der Waals surface area contributed by atoms with E-state index >= 15 is 0 Å². The van der Waals surface area contributed by atoms with Crippen molar-refractivity contribution in [3.8, 4) is 0 Å². The molecule has 0 saturated carbocycles. The van der Waals surface area contributed by atoms with Crippen LogP contribution in [0.4, 0.5) is 0 Å². The number of hydrogen-bond acceptors (Lipinski definition) is 7. The van der Waals surface area contributed by atoms with Gasteiger partial charge in [-0.15, -0.1) is 0 Å². The molecule has 0 aromatic rings. The van der Waals surface area contributed by atoms with E-state index in [9.17, 15) is 24.9 Å². The average Bonchev–Trinajstić information content (AvgIpc) is 2.38. The van der Waals surface area contributed by atoms with Crippen molar-refractivity contribution in [1.29, 1.82) is 0 Å². The summed E-state index contributed by atoms with van der Waals surface area (Å²) in [6.07, 6.45) is -3.46. The molecular weight excluding hydrogens is 280 g/mol. The highest BCUT2D eigenvalue weighted by molar-refractivity contribution is 5.92. The summed E-state index contributed by atoms with van der Waals surface area (Å²) in [6.45, 7) is 3.06. The normalized spacial score (nSPS) is 37.6. The van der Waals surface area contributed by atoms with Crippen LogP contribution in [0.1, 0.15) is 20.3 Å². The van der Waals surface area contributed by atoms with Crippen molar-refractivity contribution >= 4 is 11.9 Å². The fraction of sp³-hybridized carbons (Fsp3) is 0.692. The third-order valence-corrected chi connectivity index (χ3v) is 3.94. The zero-order valence-electron chi connectivity index (χ0n) is 11.8. The van der Waals surface area contributed by atoms with Gasteiger partial charge in [-0.2, -0.15) is 0 Å². The molecule has 1 aliphatic heterocycles. The van der Waals surface area contributed by atoms with Gasteiger partial charge in [-0.25, -0.2) is 4.79 Å². The molecule has 21 heavy (non-hydrogen) atoms. The maximum atomic E-state index is 11.9. The van der Waals surface area contributed by atoms with Crippen LogP contribution in [0.5, 0.6) is 0 Å². The Bertz CT molecular complexity index is 489. The second kappa shape index (κ2) is 5.63. The van der Waals surface area contributed by atoms with E-state index < -0.39 is 48.2 Å². The first-order valence-corrected chi connectivity index (χ1v) is 6.79. The number of carbonyl (C=O) groups is 2. The smallest absolute Gasteiger partial charge is 0.338 e. The third kappa shape index (κ3) is 2.74. The molecule has 1 fully saturated rings. The number of nitrogens with one attached hydrogen (secondary N) is 1. The van der Waals surface area contributed by atoms with Crippen LogP contribution in [0.25, 0.3) is 0 Å². The SMILES string of the molecule is C[C@H](N)C(=O)N[C@@H]1[C@H]2C(=C(O)C[C@@H](O)[C@@H]2O)C(=O)O[C@H]1C. The zero-order chi connectivity index (χ0) is 15.9. The Morgan fingerprint density at radius 1 is 1.48 bits per heavy atom. The molecule has 2 rings (SSSR count). The van der Waals surface area contributed by atoms with Gasteiger partial charge in [0.1, 0.15) is 11.9 Å². The highest BCUT2D eigenvalue weighted by Gasteiger charge is 2.50. The van der Waals surface area contributed by atoms with Crippen molar-refractivity contribution in [2.75, 3.05) is 0 Å². The minimum atomic E-state index is -1.29. The van der Waals surface area contributed by atoms with Crippen molar-refractivity contribution in [2.24, 2.45) is 11.7 Å². The van der Waals surface area contributed by atoms with Crippen LogP contribution in [0, 0.1) is 5.92 Å². The van der Waals surface area contributed by atoms with Gasteiger partial charge in [-0.1, -0.05) is 0 Å². The van der Waals surface area contributed by atoms with Gasteiger partial charge in [0.25, 0.3) is 0 Å². The van der Waals surface area contributed by atoms with Crippen LogP contribution in [0.15, 0.2) is 11.3 Å². The molecule has 1 saturated heterocycles. The van der Waals surface area contributed by atoms with Crippen LogP contribution < -0.4 is 11.1 Å². The van der Waals surface area contributed by atoms with Gasteiger partial charge in [0.2, 0.25) is 5.91 Å². The molecule has 0 aromatic heterocycles. The van der Waals surface area contributed by atoms with E-state index in [1.165, 1.54) is 6.92 Å². The molecule has 118 valence electrons. The number of aliphatic hydroxyl groups excluding tert-OH is 3. The lowest BCUT2D eigenvalue weighted by molar-refractivity contribution is -0.159. The highest BCUT2D eigenvalue weighted by atomic mass is 16.5. The third-order valence-electron chi connectivity index (χ3n) is 3.94. The number of esters is 1. The fourth-order valence-electron chi connectivity index (χ4n) is 2.78. The Morgan fingerprint density at radius 3 is 2.67 bits per heavy atom. The predicted octanol–water partition coefficient (Wildman–Crippen LogP) is -1.68. The number of carbonyl (C=O) groups excluding carboxylic acids is 2. The molecule has 6 N–H and O–H groups in total. The van der Waals surface area contributed by atoms with Crippen LogP contribution >= 0.6 is 0 Å². The fourth-order valence-corrected chi connectivity index (χ4v) is 2.78. The van der Waals surface area contributed by atoms with E-state index in [4.69, 9.17) is 10.5 Å². The molecule has 2 aliphatic rings. The van der Waals surface area contributed by atoms with Gasteiger partial charge in [0.15, 0.2) is 0 Å². The van der Waals surface area contributed by atoms with Gasteiger partial charge < -0.3 is 31.1 Å². The summed E-state index contributed by atoms with van der Waals surface area (Å²) in [4.78, 5) is 23.7. The van der Waals surface area contributed by atoms with E-state index in [-0.39, 0.29) is 17.8 Å². The van der Waals surface area contributed by atoms with Gasteiger partial charge in [0.05, 0.1) is 29.9 Å².